The molecule has 0 aromatic heterocycles. The summed E-state index contributed by atoms with van der Waals surface area (Å²) in [7, 11) is 0. The van der Waals surface area contributed by atoms with E-state index in [1.807, 2.05) is 6.92 Å². The van der Waals surface area contributed by atoms with E-state index in [2.05, 4.69) is 0 Å². The lowest BCUT2D eigenvalue weighted by Gasteiger charge is -1.85. The van der Waals surface area contributed by atoms with Crippen molar-refractivity contribution in [2.45, 2.75) is 13.3 Å². The van der Waals surface area contributed by atoms with Gasteiger partial charge in [0.15, 0.2) is 0 Å². The summed E-state index contributed by atoms with van der Waals surface area (Å²) in [5.41, 5.74) is 0. The normalized spacial score (nSPS) is 8.00. The zero-order valence-electron chi connectivity index (χ0n) is 4.68. The van der Waals surface area contributed by atoms with Crippen LogP contribution in [0.1, 0.15) is 13.3 Å². The zero-order chi connectivity index (χ0) is 6.41. The number of hydrogen-bond acceptors (Lipinski definition) is 3. The standard InChI is InChI=1S/C5H7NOS/c1-2-8-5(7)3-4-6/h2-3H2,1H3. The Morgan fingerprint density at radius 2 is 2.50 bits per heavy atom. The number of carbonyl (C=O) groups excluding carboxylic acids is 1. The lowest BCUT2D eigenvalue weighted by atomic mass is 10.5. The van der Waals surface area contributed by atoms with Crippen LogP contribution in [0.3, 0.4) is 0 Å². The average molecular weight is 129 g/mol. The highest BCUT2D eigenvalue weighted by Crippen LogP contribution is 2.01. The molecule has 0 heterocycles. The van der Waals surface area contributed by atoms with E-state index < -0.39 is 0 Å². The van der Waals surface area contributed by atoms with Gasteiger partial charge in [-0.25, -0.2) is 0 Å². The first-order chi connectivity index (χ1) is 3.81. The van der Waals surface area contributed by atoms with Gasteiger partial charge in [-0.05, 0) is 5.75 Å². The molecule has 0 radical (unpaired) electrons. The molecule has 0 bridgehead atoms. The minimum absolute atomic E-state index is 0.0324. The fraction of sp³-hybridized carbons (Fsp3) is 0.600. The highest BCUT2D eigenvalue weighted by molar-refractivity contribution is 8.13. The van der Waals surface area contributed by atoms with Crippen LogP contribution in [0.5, 0.6) is 0 Å². The summed E-state index contributed by atoms with van der Waals surface area (Å²) >= 11 is 1.19. The van der Waals surface area contributed by atoms with Crippen LogP contribution >= 0.6 is 11.8 Å². The van der Waals surface area contributed by atoms with Crippen LogP contribution in [0.2, 0.25) is 0 Å². The number of thioether (sulfide) groups is 1. The lowest BCUT2D eigenvalue weighted by Crippen LogP contribution is -1.87. The second kappa shape index (κ2) is 4.66. The van der Waals surface area contributed by atoms with Gasteiger partial charge in [0, 0.05) is 0 Å². The Kier molecular flexibility index (Phi) is 4.38. The molecule has 0 spiro atoms. The molecule has 0 aliphatic rings. The molecule has 8 heavy (non-hydrogen) atoms. The van der Waals surface area contributed by atoms with Crippen molar-refractivity contribution in [1.29, 1.82) is 5.26 Å². The summed E-state index contributed by atoms with van der Waals surface area (Å²) in [6.07, 6.45) is 0.0402. The first-order valence-corrected chi connectivity index (χ1v) is 3.32. The van der Waals surface area contributed by atoms with Gasteiger partial charge in [0.05, 0.1) is 6.07 Å². The smallest absolute Gasteiger partial charge is 0.202 e. The molecule has 0 rings (SSSR count). The molecule has 0 N–H and O–H groups in total. The number of rotatable bonds is 2. The minimum Gasteiger partial charge on any atom is -0.286 e. The minimum atomic E-state index is -0.0324. The van der Waals surface area contributed by atoms with Gasteiger partial charge in [-0.15, -0.1) is 0 Å². The topological polar surface area (TPSA) is 40.9 Å². The maximum Gasteiger partial charge on any atom is 0.202 e. The van der Waals surface area contributed by atoms with Gasteiger partial charge in [0.1, 0.15) is 6.42 Å². The van der Waals surface area contributed by atoms with Gasteiger partial charge >= 0.3 is 0 Å². The van der Waals surface area contributed by atoms with E-state index in [1.165, 1.54) is 11.8 Å². The molecule has 0 aliphatic carbocycles. The molecular formula is C5H7NOS. The maximum absolute atomic E-state index is 10.4. The van der Waals surface area contributed by atoms with E-state index in [0.717, 1.165) is 5.75 Å². The maximum atomic E-state index is 10.4. The van der Waals surface area contributed by atoms with Gasteiger partial charge < -0.3 is 0 Å². The van der Waals surface area contributed by atoms with E-state index in [0.29, 0.717) is 0 Å². The van der Waals surface area contributed by atoms with E-state index >= 15 is 0 Å². The zero-order valence-corrected chi connectivity index (χ0v) is 5.49. The van der Waals surface area contributed by atoms with Crippen LogP contribution in [-0.4, -0.2) is 10.9 Å². The number of nitrogens with zero attached hydrogens (tertiary/aromatic N) is 1. The van der Waals surface area contributed by atoms with Crippen LogP contribution in [0.15, 0.2) is 0 Å². The SMILES string of the molecule is CCSC(=O)CC#N. The molecule has 0 aromatic rings. The van der Waals surface area contributed by atoms with Crippen molar-refractivity contribution < 1.29 is 4.79 Å². The highest BCUT2D eigenvalue weighted by Gasteiger charge is 1.96. The Morgan fingerprint density at radius 3 is 2.88 bits per heavy atom. The molecule has 0 amide bonds. The lowest BCUT2D eigenvalue weighted by molar-refractivity contribution is -0.110. The summed E-state index contributed by atoms with van der Waals surface area (Å²) in [5.74, 6) is 0.764. The van der Waals surface area contributed by atoms with Crippen LogP contribution in [0, 0.1) is 11.3 Å². The van der Waals surface area contributed by atoms with E-state index in [9.17, 15) is 4.79 Å². The summed E-state index contributed by atoms with van der Waals surface area (Å²) < 4.78 is 0. The number of hydrogen-bond donors (Lipinski definition) is 0. The van der Waals surface area contributed by atoms with E-state index in [-0.39, 0.29) is 11.5 Å². The van der Waals surface area contributed by atoms with Crippen molar-refractivity contribution in [2.24, 2.45) is 0 Å². The molecule has 0 fully saturated rings. The Bertz CT molecular complexity index is 116. The van der Waals surface area contributed by atoms with Gasteiger partial charge in [-0.1, -0.05) is 18.7 Å². The second-order valence-corrected chi connectivity index (χ2v) is 2.46. The quantitative estimate of drug-likeness (QED) is 0.562. The molecule has 0 aromatic carbocycles. The first-order valence-electron chi connectivity index (χ1n) is 2.33. The van der Waals surface area contributed by atoms with Gasteiger partial charge in [0.25, 0.3) is 0 Å². The summed E-state index contributed by atoms with van der Waals surface area (Å²) in [5, 5.41) is 7.95. The fourth-order valence-corrected chi connectivity index (χ4v) is 0.765. The van der Waals surface area contributed by atoms with Crippen LogP contribution in [0.4, 0.5) is 0 Å². The average Bonchev–Trinajstić information content (AvgIpc) is 1.68. The Hall–Kier alpha value is -0.490. The first kappa shape index (κ1) is 7.51. The van der Waals surface area contributed by atoms with Crippen molar-refractivity contribution in [1.82, 2.24) is 0 Å². The number of nitriles is 1. The van der Waals surface area contributed by atoms with Crippen molar-refractivity contribution in [2.75, 3.05) is 5.75 Å². The molecule has 0 saturated carbocycles. The number of carbonyl (C=O) groups is 1. The molecule has 0 saturated heterocycles. The van der Waals surface area contributed by atoms with Gasteiger partial charge in [-0.2, -0.15) is 5.26 Å². The fourth-order valence-electron chi connectivity index (χ4n) is 0.277. The van der Waals surface area contributed by atoms with Crippen molar-refractivity contribution in [3.8, 4) is 6.07 Å². The van der Waals surface area contributed by atoms with Crippen molar-refractivity contribution in [3.05, 3.63) is 0 Å². The molecule has 0 atom stereocenters. The predicted octanol–water partition coefficient (Wildman–Crippen LogP) is 1.18. The molecule has 0 unspecified atom stereocenters. The van der Waals surface area contributed by atoms with Crippen LogP contribution in [-0.2, 0) is 4.79 Å². The molecule has 0 aliphatic heterocycles. The third-order valence-electron chi connectivity index (χ3n) is 0.529. The van der Waals surface area contributed by atoms with E-state index in [1.54, 1.807) is 6.07 Å². The monoisotopic (exact) mass is 129 g/mol. The predicted molar refractivity (Wildman–Crippen MR) is 33.4 cm³/mol. The summed E-state index contributed by atoms with van der Waals surface area (Å²) in [6.45, 7) is 1.89. The Morgan fingerprint density at radius 1 is 1.88 bits per heavy atom. The summed E-state index contributed by atoms with van der Waals surface area (Å²) in [4.78, 5) is 10.4. The van der Waals surface area contributed by atoms with Crippen molar-refractivity contribution >= 4 is 16.9 Å². The summed E-state index contributed by atoms with van der Waals surface area (Å²) in [6, 6.07) is 1.78. The van der Waals surface area contributed by atoms with E-state index in [4.69, 9.17) is 5.26 Å². The molecule has 3 heteroatoms. The third-order valence-corrected chi connectivity index (χ3v) is 1.28. The van der Waals surface area contributed by atoms with Crippen LogP contribution < -0.4 is 0 Å². The Balaban J connectivity index is 3.23. The molecule has 44 valence electrons. The second-order valence-electron chi connectivity index (χ2n) is 1.14. The molecule has 2 nitrogen and oxygen atoms in total. The van der Waals surface area contributed by atoms with Gasteiger partial charge in [0.2, 0.25) is 5.12 Å². The third kappa shape index (κ3) is 3.69. The largest absolute Gasteiger partial charge is 0.286 e. The molecular weight excluding hydrogens is 122 g/mol. The Labute approximate surface area is 52.9 Å². The van der Waals surface area contributed by atoms with Crippen LogP contribution in [0.25, 0.3) is 0 Å². The van der Waals surface area contributed by atoms with Gasteiger partial charge in [-0.3, -0.25) is 4.79 Å². The highest BCUT2D eigenvalue weighted by atomic mass is 32.2. The van der Waals surface area contributed by atoms with Crippen molar-refractivity contribution in [3.63, 3.8) is 0 Å².